The van der Waals surface area contributed by atoms with Gasteiger partial charge in [-0.3, -0.25) is 4.79 Å². The Morgan fingerprint density at radius 3 is 2.74 bits per heavy atom. The highest BCUT2D eigenvalue weighted by Gasteiger charge is 2.45. The highest BCUT2D eigenvalue weighted by atomic mass is 32.2. The van der Waals surface area contributed by atoms with Crippen molar-refractivity contribution in [3.05, 3.63) is 59.3 Å². The monoisotopic (exact) mass is 327 g/mol. The normalized spacial score (nSPS) is 19.4. The second-order valence-electron chi connectivity index (χ2n) is 5.80. The summed E-state index contributed by atoms with van der Waals surface area (Å²) in [5.74, 6) is 1.16. The van der Waals surface area contributed by atoms with Gasteiger partial charge >= 0.3 is 5.97 Å². The number of esters is 1. The zero-order valence-electron chi connectivity index (χ0n) is 13.5. The molecule has 23 heavy (non-hydrogen) atoms. The summed E-state index contributed by atoms with van der Waals surface area (Å²) < 4.78 is 5.11. The van der Waals surface area contributed by atoms with Crippen LogP contribution in [0.1, 0.15) is 36.1 Å². The first-order valence-electron chi connectivity index (χ1n) is 8.00. The number of benzene rings is 1. The number of carbonyl (C=O) groups is 1. The SMILES string of the molecule is CCOC(=O)C1CC1c1ccc(SCc2ccccc2)nc1C. The molecule has 1 aliphatic rings. The topological polar surface area (TPSA) is 39.2 Å². The lowest BCUT2D eigenvalue weighted by atomic mass is 10.1. The van der Waals surface area contributed by atoms with E-state index >= 15 is 0 Å². The molecule has 0 saturated heterocycles. The van der Waals surface area contributed by atoms with Gasteiger partial charge in [0.05, 0.1) is 17.6 Å². The minimum Gasteiger partial charge on any atom is -0.466 e. The molecule has 4 heteroatoms. The van der Waals surface area contributed by atoms with E-state index in [1.54, 1.807) is 11.8 Å². The molecule has 0 bridgehead atoms. The van der Waals surface area contributed by atoms with E-state index in [4.69, 9.17) is 9.72 Å². The molecule has 0 radical (unpaired) electrons. The lowest BCUT2D eigenvalue weighted by Crippen LogP contribution is -2.07. The predicted molar refractivity (Wildman–Crippen MR) is 92.5 cm³/mol. The van der Waals surface area contributed by atoms with Gasteiger partial charge < -0.3 is 4.74 Å². The standard InChI is InChI=1S/C19H21NO2S/c1-3-22-19(21)17-11-16(17)15-9-10-18(20-13(15)2)23-12-14-7-5-4-6-8-14/h4-10,16-17H,3,11-12H2,1-2H3. The van der Waals surface area contributed by atoms with Crippen LogP contribution in [0.3, 0.4) is 0 Å². The first kappa shape index (κ1) is 16.1. The molecule has 2 atom stereocenters. The second-order valence-corrected chi connectivity index (χ2v) is 6.79. The van der Waals surface area contributed by atoms with Gasteiger partial charge in [0.25, 0.3) is 0 Å². The van der Waals surface area contributed by atoms with Gasteiger partial charge in [-0.15, -0.1) is 11.8 Å². The number of nitrogens with zero attached hydrogens (tertiary/aromatic N) is 1. The van der Waals surface area contributed by atoms with Crippen LogP contribution in [0.15, 0.2) is 47.5 Å². The van der Waals surface area contributed by atoms with Crippen LogP contribution in [0, 0.1) is 12.8 Å². The average Bonchev–Trinajstić information content (AvgIpc) is 3.35. The van der Waals surface area contributed by atoms with E-state index in [0.29, 0.717) is 6.61 Å². The minimum atomic E-state index is -0.0700. The number of hydrogen-bond acceptors (Lipinski definition) is 4. The highest BCUT2D eigenvalue weighted by Crippen LogP contribution is 2.49. The van der Waals surface area contributed by atoms with E-state index in [9.17, 15) is 4.79 Å². The fourth-order valence-electron chi connectivity index (χ4n) is 2.80. The molecule has 1 aromatic heterocycles. The lowest BCUT2D eigenvalue weighted by Gasteiger charge is -2.08. The van der Waals surface area contributed by atoms with E-state index < -0.39 is 0 Å². The van der Waals surface area contributed by atoms with Crippen molar-refractivity contribution in [3.8, 4) is 0 Å². The molecule has 0 N–H and O–H groups in total. The van der Waals surface area contributed by atoms with Crippen LogP contribution < -0.4 is 0 Å². The van der Waals surface area contributed by atoms with Gasteiger partial charge in [-0.05, 0) is 43.4 Å². The number of aromatic nitrogens is 1. The van der Waals surface area contributed by atoms with Crippen LogP contribution in [0.2, 0.25) is 0 Å². The van der Waals surface area contributed by atoms with Crippen molar-refractivity contribution in [3.63, 3.8) is 0 Å². The number of hydrogen-bond donors (Lipinski definition) is 0. The third-order valence-electron chi connectivity index (χ3n) is 4.11. The van der Waals surface area contributed by atoms with Crippen LogP contribution in [0.5, 0.6) is 0 Å². The quantitative estimate of drug-likeness (QED) is 0.584. The number of ether oxygens (including phenoxy) is 1. The molecular formula is C19H21NO2S. The third-order valence-corrected chi connectivity index (χ3v) is 5.11. The second kappa shape index (κ2) is 7.18. The third kappa shape index (κ3) is 3.94. The number of pyridine rings is 1. The molecule has 0 amide bonds. The van der Waals surface area contributed by atoms with Gasteiger partial charge in [0.2, 0.25) is 0 Å². The lowest BCUT2D eigenvalue weighted by molar-refractivity contribution is -0.144. The summed E-state index contributed by atoms with van der Waals surface area (Å²) in [7, 11) is 0. The summed E-state index contributed by atoms with van der Waals surface area (Å²) in [5.41, 5.74) is 3.51. The number of thioether (sulfide) groups is 1. The molecule has 1 fully saturated rings. The molecule has 3 nitrogen and oxygen atoms in total. The maximum atomic E-state index is 11.8. The van der Waals surface area contributed by atoms with Crippen LogP contribution in [-0.4, -0.2) is 17.6 Å². The predicted octanol–water partition coefficient (Wildman–Crippen LogP) is 4.35. The van der Waals surface area contributed by atoms with Gasteiger partial charge in [0, 0.05) is 11.4 Å². The molecule has 1 heterocycles. The molecule has 1 aromatic carbocycles. The Bertz CT molecular complexity index is 687. The molecule has 2 unspecified atom stereocenters. The molecule has 1 saturated carbocycles. The van der Waals surface area contributed by atoms with Crippen molar-refractivity contribution in [1.82, 2.24) is 4.98 Å². The van der Waals surface area contributed by atoms with Crippen LogP contribution in [0.25, 0.3) is 0 Å². The fraction of sp³-hybridized carbons (Fsp3) is 0.368. The zero-order chi connectivity index (χ0) is 16.2. The summed E-state index contributed by atoms with van der Waals surface area (Å²) in [6.45, 7) is 4.33. The van der Waals surface area contributed by atoms with Crippen molar-refractivity contribution in [2.24, 2.45) is 5.92 Å². The zero-order valence-corrected chi connectivity index (χ0v) is 14.3. The summed E-state index contributed by atoms with van der Waals surface area (Å²) in [5, 5.41) is 1.03. The Morgan fingerprint density at radius 2 is 2.04 bits per heavy atom. The maximum Gasteiger partial charge on any atom is 0.309 e. The summed E-state index contributed by atoms with van der Waals surface area (Å²) in [4.78, 5) is 16.5. The minimum absolute atomic E-state index is 0.0262. The number of aryl methyl sites for hydroxylation is 1. The van der Waals surface area contributed by atoms with Crippen molar-refractivity contribution in [2.75, 3.05) is 6.61 Å². The van der Waals surface area contributed by atoms with Gasteiger partial charge in [-0.2, -0.15) is 0 Å². The Kier molecular flexibility index (Phi) is 5.01. The molecule has 1 aliphatic carbocycles. The van der Waals surface area contributed by atoms with E-state index in [1.165, 1.54) is 11.1 Å². The van der Waals surface area contributed by atoms with Gasteiger partial charge in [-0.1, -0.05) is 36.4 Å². The van der Waals surface area contributed by atoms with Gasteiger partial charge in [0.1, 0.15) is 0 Å². The summed E-state index contributed by atoms with van der Waals surface area (Å²) in [6.07, 6.45) is 0.887. The Balaban J connectivity index is 1.62. The van der Waals surface area contributed by atoms with Crippen LogP contribution in [0.4, 0.5) is 0 Å². The van der Waals surface area contributed by atoms with Crippen LogP contribution >= 0.6 is 11.8 Å². The van der Waals surface area contributed by atoms with E-state index in [2.05, 4.69) is 36.4 Å². The average molecular weight is 327 g/mol. The number of carbonyl (C=O) groups excluding carboxylic acids is 1. The first-order chi connectivity index (χ1) is 11.2. The first-order valence-corrected chi connectivity index (χ1v) is 8.98. The van der Waals surface area contributed by atoms with Gasteiger partial charge in [0.15, 0.2) is 0 Å². The van der Waals surface area contributed by atoms with Gasteiger partial charge in [-0.25, -0.2) is 4.98 Å². The van der Waals surface area contributed by atoms with Crippen molar-refractivity contribution in [2.45, 2.75) is 37.0 Å². The molecule has 3 rings (SSSR count). The fourth-order valence-corrected chi connectivity index (χ4v) is 3.67. The summed E-state index contributed by atoms with van der Waals surface area (Å²) >= 11 is 1.74. The smallest absolute Gasteiger partial charge is 0.309 e. The van der Waals surface area contributed by atoms with Crippen molar-refractivity contribution in [1.29, 1.82) is 0 Å². The van der Waals surface area contributed by atoms with E-state index in [0.717, 1.165) is 22.9 Å². The maximum absolute atomic E-state index is 11.8. The largest absolute Gasteiger partial charge is 0.466 e. The van der Waals surface area contributed by atoms with Crippen LogP contribution in [-0.2, 0) is 15.3 Å². The van der Waals surface area contributed by atoms with E-state index in [-0.39, 0.29) is 17.8 Å². The van der Waals surface area contributed by atoms with Crippen molar-refractivity contribution < 1.29 is 9.53 Å². The Morgan fingerprint density at radius 1 is 1.26 bits per heavy atom. The van der Waals surface area contributed by atoms with Crippen molar-refractivity contribution >= 4 is 17.7 Å². The summed E-state index contributed by atoms with van der Waals surface area (Å²) in [6, 6.07) is 14.6. The molecule has 0 spiro atoms. The molecular weight excluding hydrogens is 306 g/mol. The molecule has 0 aliphatic heterocycles. The molecule has 2 aromatic rings. The van der Waals surface area contributed by atoms with E-state index in [1.807, 2.05) is 19.9 Å². The Labute approximate surface area is 141 Å². The number of rotatable bonds is 6. The Hall–Kier alpha value is -1.81. The molecule has 120 valence electrons. The highest BCUT2D eigenvalue weighted by molar-refractivity contribution is 7.98.